The van der Waals surface area contributed by atoms with Crippen LogP contribution in [-0.2, 0) is 11.2 Å². The van der Waals surface area contributed by atoms with Gasteiger partial charge in [0.15, 0.2) is 0 Å². The largest absolute Gasteiger partial charge is 0.479 e. The van der Waals surface area contributed by atoms with Crippen molar-refractivity contribution >= 4 is 23.1 Å². The van der Waals surface area contributed by atoms with Crippen molar-refractivity contribution in [2.45, 2.75) is 19.0 Å². The number of fused-ring (bicyclic) bond motifs is 1. The van der Waals surface area contributed by atoms with E-state index >= 15 is 0 Å². The second-order valence-corrected chi connectivity index (χ2v) is 4.08. The Morgan fingerprint density at radius 3 is 2.94 bits per heavy atom. The number of carbonyl (C=O) groups is 1. The van der Waals surface area contributed by atoms with Gasteiger partial charge in [-0.3, -0.25) is 0 Å². The van der Waals surface area contributed by atoms with Gasteiger partial charge in [0, 0.05) is 16.2 Å². The Labute approximate surface area is 97.4 Å². The molecule has 0 saturated heterocycles. The van der Waals surface area contributed by atoms with Crippen LogP contribution in [0.3, 0.4) is 0 Å². The van der Waals surface area contributed by atoms with Crippen LogP contribution in [0.5, 0.6) is 0 Å². The van der Waals surface area contributed by atoms with E-state index in [0.717, 1.165) is 12.0 Å². The molecule has 0 heterocycles. The molecule has 1 aliphatic carbocycles. The summed E-state index contributed by atoms with van der Waals surface area (Å²) in [5.41, 5.74) is 1.64. The number of rotatable bonds is 2. The molecule has 1 aromatic carbocycles. The molecule has 1 unspecified atom stereocenters. The van der Waals surface area contributed by atoms with Gasteiger partial charge in [-0.05, 0) is 24.5 Å². The molecule has 2 rings (SSSR count). The molecular formula is C12H10ClFO2. The first kappa shape index (κ1) is 11.1. The second kappa shape index (κ2) is 4.26. The average molecular weight is 241 g/mol. The molecule has 1 atom stereocenters. The number of benzene rings is 1. The van der Waals surface area contributed by atoms with Crippen LogP contribution in [0.2, 0.25) is 5.02 Å². The van der Waals surface area contributed by atoms with Crippen molar-refractivity contribution in [1.82, 2.24) is 0 Å². The van der Waals surface area contributed by atoms with Gasteiger partial charge in [-0.15, -0.1) is 0 Å². The molecule has 1 N–H and O–H groups in total. The second-order valence-electron chi connectivity index (χ2n) is 3.67. The lowest BCUT2D eigenvalue weighted by Crippen LogP contribution is -2.19. The van der Waals surface area contributed by atoms with Crippen LogP contribution in [0.25, 0.3) is 5.57 Å². The minimum atomic E-state index is -2.00. The van der Waals surface area contributed by atoms with Gasteiger partial charge in [-0.25, -0.2) is 9.18 Å². The van der Waals surface area contributed by atoms with E-state index in [4.69, 9.17) is 16.7 Å². The zero-order chi connectivity index (χ0) is 11.7. The van der Waals surface area contributed by atoms with E-state index in [1.54, 1.807) is 18.2 Å². The van der Waals surface area contributed by atoms with E-state index in [1.807, 2.05) is 6.07 Å². The van der Waals surface area contributed by atoms with Crippen LogP contribution in [0.4, 0.5) is 4.39 Å². The predicted octanol–water partition coefficient (Wildman–Crippen LogP) is 3.09. The Bertz CT molecular complexity index is 468. The van der Waals surface area contributed by atoms with Crippen LogP contribution in [0.1, 0.15) is 17.5 Å². The Morgan fingerprint density at radius 2 is 2.25 bits per heavy atom. The summed E-state index contributed by atoms with van der Waals surface area (Å²) in [6.45, 7) is 0. The zero-order valence-electron chi connectivity index (χ0n) is 8.41. The van der Waals surface area contributed by atoms with Gasteiger partial charge < -0.3 is 5.11 Å². The molecule has 0 amide bonds. The van der Waals surface area contributed by atoms with Gasteiger partial charge in [0.05, 0.1) is 0 Å². The highest BCUT2D eigenvalue weighted by molar-refractivity contribution is 6.32. The summed E-state index contributed by atoms with van der Waals surface area (Å²) >= 11 is 5.99. The number of aryl methyl sites for hydroxylation is 1. The first-order chi connectivity index (χ1) is 7.61. The first-order valence-electron chi connectivity index (χ1n) is 4.96. The van der Waals surface area contributed by atoms with E-state index in [0.29, 0.717) is 17.0 Å². The number of halogens is 2. The minimum Gasteiger partial charge on any atom is -0.479 e. The van der Waals surface area contributed by atoms with Crippen molar-refractivity contribution in [3.05, 3.63) is 40.4 Å². The lowest BCUT2D eigenvalue weighted by Gasteiger charge is -2.19. The molecule has 84 valence electrons. The number of carboxylic acids is 1. The molecule has 2 nitrogen and oxygen atoms in total. The molecule has 0 fully saturated rings. The highest BCUT2D eigenvalue weighted by Crippen LogP contribution is 2.35. The van der Waals surface area contributed by atoms with Gasteiger partial charge in [0.1, 0.15) is 0 Å². The summed E-state index contributed by atoms with van der Waals surface area (Å²) in [6, 6.07) is 5.29. The summed E-state index contributed by atoms with van der Waals surface area (Å²) in [7, 11) is 0. The lowest BCUT2D eigenvalue weighted by molar-refractivity contribution is -0.140. The fourth-order valence-electron chi connectivity index (χ4n) is 1.95. The van der Waals surface area contributed by atoms with E-state index in [2.05, 4.69) is 0 Å². The number of allylic oxidation sites excluding steroid dienone is 1. The van der Waals surface area contributed by atoms with Crippen molar-refractivity contribution in [2.75, 3.05) is 0 Å². The number of hydrogen-bond acceptors (Lipinski definition) is 1. The summed E-state index contributed by atoms with van der Waals surface area (Å²) < 4.78 is 13.5. The molecule has 4 heteroatoms. The van der Waals surface area contributed by atoms with Crippen molar-refractivity contribution in [3.63, 3.8) is 0 Å². The first-order valence-corrected chi connectivity index (χ1v) is 5.33. The standard InChI is InChI=1S/C12H10ClFO2/c13-9-6-2-4-7-3-1-5-8(10(7)9)11(14)12(15)16/h2,4-6,11H,1,3H2,(H,15,16). The molecule has 16 heavy (non-hydrogen) atoms. The van der Waals surface area contributed by atoms with Crippen molar-refractivity contribution < 1.29 is 14.3 Å². The highest BCUT2D eigenvalue weighted by Gasteiger charge is 2.27. The maximum Gasteiger partial charge on any atom is 0.343 e. The van der Waals surface area contributed by atoms with Gasteiger partial charge in [-0.1, -0.05) is 29.8 Å². The molecule has 0 aliphatic heterocycles. The van der Waals surface area contributed by atoms with E-state index in [-0.39, 0.29) is 5.57 Å². The predicted molar refractivity (Wildman–Crippen MR) is 60.3 cm³/mol. The highest BCUT2D eigenvalue weighted by atomic mass is 35.5. The monoisotopic (exact) mass is 240 g/mol. The van der Waals surface area contributed by atoms with Crippen molar-refractivity contribution in [3.8, 4) is 0 Å². The molecule has 0 bridgehead atoms. The third-order valence-electron chi connectivity index (χ3n) is 2.66. The molecule has 0 spiro atoms. The topological polar surface area (TPSA) is 37.3 Å². The number of aliphatic carboxylic acids is 1. The minimum absolute atomic E-state index is 0.180. The van der Waals surface area contributed by atoms with Gasteiger partial charge in [-0.2, -0.15) is 0 Å². The summed E-state index contributed by atoms with van der Waals surface area (Å²) in [5, 5.41) is 9.10. The molecular weight excluding hydrogens is 231 g/mol. The van der Waals surface area contributed by atoms with Gasteiger partial charge >= 0.3 is 5.97 Å². The van der Waals surface area contributed by atoms with Gasteiger partial charge in [0.25, 0.3) is 0 Å². The summed E-state index contributed by atoms with van der Waals surface area (Å²) in [6.07, 6.45) is 1.04. The van der Waals surface area contributed by atoms with E-state index in [1.165, 1.54) is 0 Å². The summed E-state index contributed by atoms with van der Waals surface area (Å²) in [4.78, 5) is 10.7. The van der Waals surface area contributed by atoms with Crippen molar-refractivity contribution in [2.24, 2.45) is 0 Å². The Hall–Kier alpha value is -1.35. The lowest BCUT2D eigenvalue weighted by atomic mass is 9.88. The number of alkyl halides is 1. The Morgan fingerprint density at radius 1 is 1.50 bits per heavy atom. The fraction of sp³-hybridized carbons (Fsp3) is 0.250. The van der Waals surface area contributed by atoms with Gasteiger partial charge in [0.2, 0.25) is 6.17 Å². The summed E-state index contributed by atoms with van der Waals surface area (Å²) in [5.74, 6) is -1.47. The molecule has 0 saturated carbocycles. The van der Waals surface area contributed by atoms with Crippen LogP contribution in [-0.4, -0.2) is 17.2 Å². The third-order valence-corrected chi connectivity index (χ3v) is 2.97. The van der Waals surface area contributed by atoms with Crippen LogP contribution < -0.4 is 0 Å². The average Bonchev–Trinajstić information content (AvgIpc) is 2.27. The fourth-order valence-corrected chi connectivity index (χ4v) is 2.25. The number of carboxylic acid groups (broad SMARTS) is 1. The third kappa shape index (κ3) is 1.83. The van der Waals surface area contributed by atoms with Crippen LogP contribution in [0.15, 0.2) is 24.3 Å². The normalized spacial score (nSPS) is 16.2. The van der Waals surface area contributed by atoms with E-state index < -0.39 is 12.1 Å². The Balaban J connectivity index is 2.51. The molecule has 1 aliphatic rings. The number of hydrogen-bond donors (Lipinski definition) is 1. The quantitative estimate of drug-likeness (QED) is 0.863. The maximum absolute atomic E-state index is 13.5. The maximum atomic E-state index is 13.5. The molecule has 0 aromatic heterocycles. The molecule has 0 radical (unpaired) electrons. The smallest absolute Gasteiger partial charge is 0.343 e. The SMILES string of the molecule is O=C(O)C(F)C1=CCCc2cccc(Cl)c21. The van der Waals surface area contributed by atoms with E-state index in [9.17, 15) is 9.18 Å². The van der Waals surface area contributed by atoms with Crippen molar-refractivity contribution in [1.29, 1.82) is 0 Å². The van der Waals surface area contributed by atoms with Crippen LogP contribution >= 0.6 is 11.6 Å². The molecule has 1 aromatic rings. The van der Waals surface area contributed by atoms with Crippen LogP contribution in [0, 0.1) is 0 Å². The Kier molecular flexibility index (Phi) is 2.97. The zero-order valence-corrected chi connectivity index (χ0v) is 9.17.